The molecule has 2 rings (SSSR count). The van der Waals surface area contributed by atoms with Crippen LogP contribution in [0.2, 0.25) is 0 Å². The molecule has 4 nitrogen and oxygen atoms in total. The van der Waals surface area contributed by atoms with Gasteiger partial charge in [-0.2, -0.15) is 0 Å². The van der Waals surface area contributed by atoms with Crippen molar-refractivity contribution in [3.05, 3.63) is 43.9 Å². The van der Waals surface area contributed by atoms with E-state index in [1.807, 2.05) is 6.07 Å². The largest absolute Gasteiger partial charge is 0.475 e. The van der Waals surface area contributed by atoms with Gasteiger partial charge in [-0.05, 0) is 47.5 Å². The second kappa shape index (κ2) is 6.36. The zero-order chi connectivity index (χ0) is 13.8. The molecule has 0 aliphatic heterocycles. The highest BCUT2D eigenvalue weighted by Gasteiger charge is 2.12. The smallest absolute Gasteiger partial charge is 0.371 e. The number of carboxylic acids is 1. The van der Waals surface area contributed by atoms with Crippen LogP contribution < -0.4 is 5.32 Å². The molecule has 0 saturated carbocycles. The minimum absolute atomic E-state index is 0.00325. The lowest BCUT2D eigenvalue weighted by molar-refractivity contribution is 0.0661. The first-order valence-electron chi connectivity index (χ1n) is 5.84. The summed E-state index contributed by atoms with van der Waals surface area (Å²) in [6.45, 7) is 3.25. The number of aryl methyl sites for hydroxylation is 1. The molecule has 102 valence electrons. The summed E-state index contributed by atoms with van der Waals surface area (Å²) < 4.78 is 6.29. The predicted molar refractivity (Wildman–Crippen MR) is 77.8 cm³/mol. The van der Waals surface area contributed by atoms with E-state index < -0.39 is 5.97 Å². The number of carboxylic acid groups (broad SMARTS) is 1. The number of rotatable bonds is 6. The molecule has 0 atom stereocenters. The summed E-state index contributed by atoms with van der Waals surface area (Å²) in [5.41, 5.74) is 0.893. The number of furan rings is 1. The lowest BCUT2D eigenvalue weighted by atomic mass is 10.2. The molecule has 0 aliphatic carbocycles. The van der Waals surface area contributed by atoms with Gasteiger partial charge in [-0.1, -0.05) is 0 Å². The molecule has 0 amide bonds. The maximum absolute atomic E-state index is 10.8. The van der Waals surface area contributed by atoms with Crippen LogP contribution >= 0.6 is 27.3 Å². The SMILES string of the molecule is Cc1oc(C(=O)O)cc1CNCCc1ccc(Br)s1. The van der Waals surface area contributed by atoms with Crippen molar-refractivity contribution in [2.45, 2.75) is 19.9 Å². The van der Waals surface area contributed by atoms with Crippen LogP contribution in [0.25, 0.3) is 0 Å². The molecule has 0 spiro atoms. The van der Waals surface area contributed by atoms with Crippen molar-refractivity contribution in [1.29, 1.82) is 0 Å². The lowest BCUT2D eigenvalue weighted by Crippen LogP contribution is -2.16. The van der Waals surface area contributed by atoms with Crippen molar-refractivity contribution in [2.75, 3.05) is 6.54 Å². The standard InChI is InChI=1S/C13H14BrNO3S/c1-8-9(6-11(18-8)13(16)17)7-15-5-4-10-2-3-12(14)19-10/h2-3,6,15H,4-5,7H2,1H3,(H,16,17). The zero-order valence-corrected chi connectivity index (χ0v) is 12.8. The van der Waals surface area contributed by atoms with E-state index in [0.29, 0.717) is 12.3 Å². The van der Waals surface area contributed by atoms with Gasteiger partial charge in [0.25, 0.3) is 0 Å². The fraction of sp³-hybridized carbons (Fsp3) is 0.308. The van der Waals surface area contributed by atoms with E-state index in [4.69, 9.17) is 9.52 Å². The van der Waals surface area contributed by atoms with Crippen LogP contribution in [0.3, 0.4) is 0 Å². The second-order valence-electron chi connectivity index (χ2n) is 4.13. The van der Waals surface area contributed by atoms with Crippen LogP contribution in [0.15, 0.2) is 26.4 Å². The molecule has 0 saturated heterocycles. The first kappa shape index (κ1) is 14.3. The Balaban J connectivity index is 1.81. The van der Waals surface area contributed by atoms with Gasteiger partial charge in [0.05, 0.1) is 3.79 Å². The topological polar surface area (TPSA) is 62.5 Å². The highest BCUT2D eigenvalue weighted by Crippen LogP contribution is 2.22. The number of hydrogen-bond acceptors (Lipinski definition) is 4. The monoisotopic (exact) mass is 343 g/mol. The first-order valence-corrected chi connectivity index (χ1v) is 7.44. The van der Waals surface area contributed by atoms with Crippen LogP contribution in [0.4, 0.5) is 0 Å². The number of nitrogens with one attached hydrogen (secondary N) is 1. The summed E-state index contributed by atoms with van der Waals surface area (Å²) in [6, 6.07) is 5.72. The van der Waals surface area contributed by atoms with Crippen molar-refractivity contribution in [3.8, 4) is 0 Å². The molecular formula is C13H14BrNO3S. The summed E-state index contributed by atoms with van der Waals surface area (Å²) in [5, 5.41) is 12.1. The Morgan fingerprint density at radius 1 is 1.53 bits per heavy atom. The van der Waals surface area contributed by atoms with Gasteiger partial charge in [0.2, 0.25) is 5.76 Å². The maximum atomic E-state index is 10.8. The van der Waals surface area contributed by atoms with Gasteiger partial charge in [-0.3, -0.25) is 0 Å². The molecule has 2 N–H and O–H groups in total. The van der Waals surface area contributed by atoms with Crippen LogP contribution in [0, 0.1) is 6.92 Å². The average Bonchev–Trinajstić information content (AvgIpc) is 2.92. The summed E-state index contributed by atoms with van der Waals surface area (Å²) in [4.78, 5) is 12.1. The first-order chi connectivity index (χ1) is 9.06. The minimum atomic E-state index is -1.03. The Bertz CT molecular complexity index is 576. The predicted octanol–water partition coefficient (Wildman–Crippen LogP) is 3.44. The summed E-state index contributed by atoms with van der Waals surface area (Å²) in [6.07, 6.45) is 0.957. The summed E-state index contributed by atoms with van der Waals surface area (Å²) >= 11 is 5.16. The van der Waals surface area contributed by atoms with Crippen molar-refractivity contribution in [1.82, 2.24) is 5.32 Å². The molecule has 0 radical (unpaired) electrons. The summed E-state index contributed by atoms with van der Waals surface area (Å²) in [5.74, 6) is -0.377. The number of aromatic carboxylic acids is 1. The van der Waals surface area contributed by atoms with E-state index in [9.17, 15) is 4.79 Å². The minimum Gasteiger partial charge on any atom is -0.475 e. The van der Waals surface area contributed by atoms with Gasteiger partial charge in [0.15, 0.2) is 0 Å². The number of carbonyl (C=O) groups is 1. The molecule has 19 heavy (non-hydrogen) atoms. The Morgan fingerprint density at radius 2 is 2.32 bits per heavy atom. The molecule has 0 aliphatic rings. The van der Waals surface area contributed by atoms with Gasteiger partial charge >= 0.3 is 5.97 Å². The third-order valence-electron chi connectivity index (χ3n) is 2.72. The Morgan fingerprint density at radius 3 is 2.89 bits per heavy atom. The van der Waals surface area contributed by atoms with Gasteiger partial charge in [-0.15, -0.1) is 11.3 Å². The fourth-order valence-electron chi connectivity index (χ4n) is 1.72. The van der Waals surface area contributed by atoms with Crippen molar-refractivity contribution < 1.29 is 14.3 Å². The van der Waals surface area contributed by atoms with Crippen LogP contribution in [0.1, 0.15) is 26.8 Å². The van der Waals surface area contributed by atoms with Crippen molar-refractivity contribution >= 4 is 33.2 Å². The van der Waals surface area contributed by atoms with E-state index in [1.54, 1.807) is 24.3 Å². The lowest BCUT2D eigenvalue weighted by Gasteiger charge is -2.02. The van der Waals surface area contributed by atoms with Crippen LogP contribution in [0.5, 0.6) is 0 Å². The highest BCUT2D eigenvalue weighted by molar-refractivity contribution is 9.11. The molecule has 0 aromatic carbocycles. The number of hydrogen-bond donors (Lipinski definition) is 2. The quantitative estimate of drug-likeness (QED) is 0.788. The van der Waals surface area contributed by atoms with Crippen molar-refractivity contribution in [3.63, 3.8) is 0 Å². The highest BCUT2D eigenvalue weighted by atomic mass is 79.9. The molecular weight excluding hydrogens is 330 g/mol. The van der Waals surface area contributed by atoms with E-state index in [-0.39, 0.29) is 5.76 Å². The molecule has 6 heteroatoms. The Kier molecular flexibility index (Phi) is 4.79. The van der Waals surface area contributed by atoms with E-state index in [0.717, 1.165) is 22.3 Å². The second-order valence-corrected chi connectivity index (χ2v) is 6.68. The van der Waals surface area contributed by atoms with Crippen molar-refractivity contribution in [2.24, 2.45) is 0 Å². The Hall–Kier alpha value is -1.11. The molecule has 2 aromatic heterocycles. The number of thiophene rings is 1. The van der Waals surface area contributed by atoms with Gasteiger partial charge in [0.1, 0.15) is 5.76 Å². The fourth-order valence-corrected chi connectivity index (χ4v) is 3.20. The van der Waals surface area contributed by atoms with Gasteiger partial charge in [-0.25, -0.2) is 4.79 Å². The molecule has 0 bridgehead atoms. The maximum Gasteiger partial charge on any atom is 0.371 e. The van der Waals surface area contributed by atoms with E-state index in [1.165, 1.54) is 4.88 Å². The summed E-state index contributed by atoms with van der Waals surface area (Å²) in [7, 11) is 0. The molecule has 0 unspecified atom stereocenters. The normalized spacial score (nSPS) is 10.8. The van der Waals surface area contributed by atoms with Gasteiger partial charge < -0.3 is 14.8 Å². The molecule has 0 fully saturated rings. The third kappa shape index (κ3) is 3.92. The van der Waals surface area contributed by atoms with Crippen LogP contribution in [-0.4, -0.2) is 17.6 Å². The molecule has 2 aromatic rings. The van der Waals surface area contributed by atoms with Gasteiger partial charge in [0, 0.05) is 23.5 Å². The zero-order valence-electron chi connectivity index (χ0n) is 10.4. The van der Waals surface area contributed by atoms with Crippen LogP contribution in [-0.2, 0) is 13.0 Å². The Labute approximate surface area is 123 Å². The third-order valence-corrected chi connectivity index (χ3v) is 4.41. The number of halogens is 1. The molecule has 2 heterocycles. The van der Waals surface area contributed by atoms with E-state index in [2.05, 4.69) is 27.3 Å². The van der Waals surface area contributed by atoms with E-state index >= 15 is 0 Å². The average molecular weight is 344 g/mol.